The molecule has 0 atom stereocenters. The van der Waals surface area contributed by atoms with Crippen LogP contribution in [0.3, 0.4) is 0 Å². The summed E-state index contributed by atoms with van der Waals surface area (Å²) in [5.74, 6) is 0.128. The Morgan fingerprint density at radius 2 is 1.83 bits per heavy atom. The van der Waals surface area contributed by atoms with E-state index >= 15 is 0 Å². The lowest BCUT2D eigenvalue weighted by Gasteiger charge is -2.44. The summed E-state index contributed by atoms with van der Waals surface area (Å²) < 4.78 is 10.9. The maximum absolute atomic E-state index is 12.8. The van der Waals surface area contributed by atoms with Gasteiger partial charge in [0.15, 0.2) is 5.78 Å². The summed E-state index contributed by atoms with van der Waals surface area (Å²) in [5.41, 5.74) is 1.38. The van der Waals surface area contributed by atoms with Crippen LogP contribution in [-0.2, 0) is 9.53 Å². The lowest BCUT2D eigenvalue weighted by atomic mass is 9.82. The number of esters is 1. The molecule has 0 N–H and O–H groups in total. The number of methoxy groups -OCH3 is 1. The average Bonchev–Trinajstić information content (AvgIpc) is 2.77. The van der Waals surface area contributed by atoms with Crippen molar-refractivity contribution in [3.05, 3.63) is 71.3 Å². The topological polar surface area (TPSA) is 72.9 Å². The number of carbonyl (C=O) groups excluding carboxylic acids is 3. The number of nitrogens with zero attached hydrogens (tertiary/aromatic N) is 1. The SMILES string of the molecule is COC(=O)/C=C/c1ccc2c(c1)OC1(CCN(C(=O)c3ccccc3)CC1)CC2=O. The van der Waals surface area contributed by atoms with Gasteiger partial charge in [-0.2, -0.15) is 0 Å². The van der Waals surface area contributed by atoms with E-state index in [0.29, 0.717) is 49.2 Å². The van der Waals surface area contributed by atoms with Gasteiger partial charge in [-0.1, -0.05) is 24.3 Å². The molecular formula is C24H23NO5. The van der Waals surface area contributed by atoms with Gasteiger partial charge in [0.25, 0.3) is 5.91 Å². The molecule has 2 aromatic rings. The molecule has 2 heterocycles. The Kier molecular flexibility index (Phi) is 5.40. The molecule has 1 fully saturated rings. The van der Waals surface area contributed by atoms with Crippen molar-refractivity contribution in [1.29, 1.82) is 0 Å². The van der Waals surface area contributed by atoms with Crippen molar-refractivity contribution in [2.75, 3.05) is 20.2 Å². The number of Topliss-reactive ketones (excluding diaryl/α,β-unsaturated/α-hetero) is 1. The quantitative estimate of drug-likeness (QED) is 0.577. The molecule has 1 saturated heterocycles. The van der Waals surface area contributed by atoms with Gasteiger partial charge in [-0.25, -0.2) is 4.79 Å². The van der Waals surface area contributed by atoms with Crippen LogP contribution in [0, 0.1) is 0 Å². The van der Waals surface area contributed by atoms with Crippen LogP contribution in [0.15, 0.2) is 54.6 Å². The number of ether oxygens (including phenoxy) is 2. The fourth-order valence-electron chi connectivity index (χ4n) is 4.01. The largest absolute Gasteiger partial charge is 0.486 e. The van der Waals surface area contributed by atoms with Crippen molar-refractivity contribution in [1.82, 2.24) is 4.90 Å². The summed E-state index contributed by atoms with van der Waals surface area (Å²) in [7, 11) is 1.32. The predicted octanol–water partition coefficient (Wildman–Crippen LogP) is 3.51. The second-order valence-electron chi connectivity index (χ2n) is 7.66. The van der Waals surface area contributed by atoms with Crippen LogP contribution >= 0.6 is 0 Å². The van der Waals surface area contributed by atoms with Crippen LogP contribution in [0.25, 0.3) is 6.08 Å². The summed E-state index contributed by atoms with van der Waals surface area (Å²) in [6.07, 6.45) is 4.46. The molecular weight excluding hydrogens is 382 g/mol. The Balaban J connectivity index is 1.49. The number of carbonyl (C=O) groups is 3. The standard InChI is InChI=1S/C24H23NO5/c1-29-22(27)10-8-17-7-9-19-20(26)16-24(30-21(19)15-17)11-13-25(14-12-24)23(28)18-5-3-2-4-6-18/h2-10,15H,11-14,16H2,1H3/b10-8+. The Bertz CT molecular complexity index is 1000. The normalized spacial score (nSPS) is 17.5. The highest BCUT2D eigenvalue weighted by atomic mass is 16.5. The van der Waals surface area contributed by atoms with Crippen LogP contribution < -0.4 is 4.74 Å². The number of benzene rings is 2. The molecule has 0 unspecified atom stereocenters. The van der Waals surface area contributed by atoms with E-state index in [-0.39, 0.29) is 11.7 Å². The van der Waals surface area contributed by atoms with Crippen molar-refractivity contribution < 1.29 is 23.9 Å². The molecule has 2 aromatic carbocycles. The average molecular weight is 405 g/mol. The summed E-state index contributed by atoms with van der Waals surface area (Å²) in [6.45, 7) is 1.08. The lowest BCUT2D eigenvalue weighted by Crippen LogP contribution is -2.52. The van der Waals surface area contributed by atoms with Gasteiger partial charge in [-0.05, 0) is 35.9 Å². The fourth-order valence-corrected chi connectivity index (χ4v) is 4.01. The molecule has 1 amide bonds. The predicted molar refractivity (Wildman–Crippen MR) is 111 cm³/mol. The summed E-state index contributed by atoms with van der Waals surface area (Å²) in [4.78, 5) is 38.6. The summed E-state index contributed by atoms with van der Waals surface area (Å²) in [5, 5.41) is 0. The summed E-state index contributed by atoms with van der Waals surface area (Å²) >= 11 is 0. The highest BCUT2D eigenvalue weighted by molar-refractivity contribution is 6.01. The lowest BCUT2D eigenvalue weighted by molar-refractivity contribution is -0.134. The number of rotatable bonds is 3. The maximum atomic E-state index is 12.8. The minimum Gasteiger partial charge on any atom is -0.486 e. The first kappa shape index (κ1) is 19.9. The molecule has 2 aliphatic heterocycles. The van der Waals surface area contributed by atoms with Gasteiger partial charge in [0.1, 0.15) is 11.4 Å². The monoisotopic (exact) mass is 405 g/mol. The van der Waals surface area contributed by atoms with Crippen molar-refractivity contribution >= 4 is 23.7 Å². The zero-order valence-corrected chi connectivity index (χ0v) is 16.8. The molecule has 6 heteroatoms. The Labute approximate surface area is 175 Å². The molecule has 154 valence electrons. The van der Waals surface area contributed by atoms with Gasteiger partial charge in [-0.15, -0.1) is 0 Å². The molecule has 2 aliphatic rings. The van der Waals surface area contributed by atoms with Crippen LogP contribution in [0.1, 0.15) is 45.5 Å². The Hall–Kier alpha value is -3.41. The maximum Gasteiger partial charge on any atom is 0.330 e. The zero-order chi connectivity index (χ0) is 21.1. The number of ketones is 1. The van der Waals surface area contributed by atoms with Crippen LogP contribution in [0.5, 0.6) is 5.75 Å². The van der Waals surface area contributed by atoms with Crippen molar-refractivity contribution in [3.8, 4) is 5.75 Å². The minimum absolute atomic E-state index is 0.00298. The van der Waals surface area contributed by atoms with Crippen LogP contribution in [0.4, 0.5) is 0 Å². The van der Waals surface area contributed by atoms with E-state index < -0.39 is 11.6 Å². The van der Waals surface area contributed by atoms with E-state index in [4.69, 9.17) is 4.74 Å². The Morgan fingerprint density at radius 1 is 1.10 bits per heavy atom. The van der Waals surface area contributed by atoms with E-state index in [2.05, 4.69) is 4.74 Å². The molecule has 30 heavy (non-hydrogen) atoms. The van der Waals surface area contributed by atoms with Gasteiger partial charge < -0.3 is 14.4 Å². The van der Waals surface area contributed by atoms with Crippen molar-refractivity contribution in [2.24, 2.45) is 0 Å². The van der Waals surface area contributed by atoms with Gasteiger partial charge in [0.2, 0.25) is 0 Å². The number of piperidine rings is 1. The van der Waals surface area contributed by atoms with E-state index in [1.165, 1.54) is 13.2 Å². The second-order valence-corrected chi connectivity index (χ2v) is 7.66. The van der Waals surface area contributed by atoms with Gasteiger partial charge in [0.05, 0.1) is 19.1 Å². The minimum atomic E-state index is -0.595. The molecule has 0 saturated carbocycles. The van der Waals surface area contributed by atoms with Gasteiger partial charge >= 0.3 is 5.97 Å². The fraction of sp³-hybridized carbons (Fsp3) is 0.292. The van der Waals surface area contributed by atoms with E-state index in [1.54, 1.807) is 24.3 Å². The van der Waals surface area contributed by atoms with Gasteiger partial charge in [-0.3, -0.25) is 9.59 Å². The summed E-state index contributed by atoms with van der Waals surface area (Å²) in [6, 6.07) is 14.5. The van der Waals surface area contributed by atoms with Gasteiger partial charge in [0, 0.05) is 37.6 Å². The first-order chi connectivity index (χ1) is 14.5. The smallest absolute Gasteiger partial charge is 0.330 e. The second kappa shape index (κ2) is 8.14. The molecule has 1 spiro atoms. The number of hydrogen-bond donors (Lipinski definition) is 0. The Morgan fingerprint density at radius 3 is 2.53 bits per heavy atom. The highest BCUT2D eigenvalue weighted by Crippen LogP contribution is 2.40. The first-order valence-corrected chi connectivity index (χ1v) is 9.96. The van der Waals surface area contributed by atoms with E-state index in [9.17, 15) is 14.4 Å². The number of fused-ring (bicyclic) bond motifs is 1. The molecule has 0 radical (unpaired) electrons. The van der Waals surface area contributed by atoms with Crippen LogP contribution in [0.2, 0.25) is 0 Å². The number of likely N-dealkylation sites (tertiary alicyclic amines) is 1. The van der Waals surface area contributed by atoms with Crippen molar-refractivity contribution in [2.45, 2.75) is 24.9 Å². The number of amides is 1. The molecule has 0 aliphatic carbocycles. The zero-order valence-electron chi connectivity index (χ0n) is 16.8. The molecule has 6 nitrogen and oxygen atoms in total. The third kappa shape index (κ3) is 3.99. The third-order valence-electron chi connectivity index (χ3n) is 5.71. The highest BCUT2D eigenvalue weighted by Gasteiger charge is 2.43. The third-order valence-corrected chi connectivity index (χ3v) is 5.71. The molecule has 0 aromatic heterocycles. The van der Waals surface area contributed by atoms with E-state index in [1.807, 2.05) is 35.2 Å². The van der Waals surface area contributed by atoms with E-state index in [0.717, 1.165) is 5.56 Å². The number of hydrogen-bond acceptors (Lipinski definition) is 5. The van der Waals surface area contributed by atoms with Crippen molar-refractivity contribution in [3.63, 3.8) is 0 Å². The molecule has 0 bridgehead atoms. The molecule has 4 rings (SSSR count). The first-order valence-electron chi connectivity index (χ1n) is 9.96. The van der Waals surface area contributed by atoms with Crippen LogP contribution in [-0.4, -0.2) is 48.4 Å².